The van der Waals surface area contributed by atoms with Crippen LogP contribution in [0.4, 0.5) is 0 Å². The number of hydrogen-bond donors (Lipinski definition) is 1. The van der Waals surface area contributed by atoms with Crippen LogP contribution in [-0.4, -0.2) is 33.0 Å². The molecule has 0 radical (unpaired) electrons. The third-order valence-corrected chi connectivity index (χ3v) is 4.09. The predicted octanol–water partition coefficient (Wildman–Crippen LogP) is 2.11. The molecule has 1 saturated carbocycles. The number of rotatable bonds is 3. The molecule has 0 saturated heterocycles. The lowest BCUT2D eigenvalue weighted by molar-refractivity contribution is 0.311. The molecule has 3 rings (SSSR count). The summed E-state index contributed by atoms with van der Waals surface area (Å²) in [6.07, 6.45) is 7.94. The summed E-state index contributed by atoms with van der Waals surface area (Å²) in [5.74, 6) is 1.64. The van der Waals surface area contributed by atoms with Crippen LogP contribution in [0, 0.1) is 0 Å². The first-order chi connectivity index (χ1) is 9.78. The zero-order valence-electron chi connectivity index (χ0n) is 12.0. The summed E-state index contributed by atoms with van der Waals surface area (Å²) in [6, 6.07) is 2.33. The van der Waals surface area contributed by atoms with E-state index in [1.165, 1.54) is 25.7 Å². The monoisotopic (exact) mass is 275 g/mol. The Morgan fingerprint density at radius 1 is 1.30 bits per heavy atom. The Kier molecular flexibility index (Phi) is 3.82. The molecular weight excluding hydrogens is 254 g/mol. The van der Waals surface area contributed by atoms with Crippen LogP contribution in [0.25, 0.3) is 11.5 Å². The van der Waals surface area contributed by atoms with Crippen LogP contribution in [0.3, 0.4) is 0 Å². The molecule has 108 valence electrons. The molecule has 1 aliphatic rings. The number of likely N-dealkylation sites (N-methyl/N-ethyl adjacent to an activating group) is 1. The van der Waals surface area contributed by atoms with E-state index in [2.05, 4.69) is 20.6 Å². The smallest absolute Gasteiger partial charge is 0.231 e. The highest BCUT2D eigenvalue weighted by molar-refractivity contribution is 5.46. The Morgan fingerprint density at radius 3 is 2.90 bits per heavy atom. The van der Waals surface area contributed by atoms with Gasteiger partial charge in [0.2, 0.25) is 11.7 Å². The molecule has 1 aliphatic carbocycles. The quantitative estimate of drug-likeness (QED) is 0.869. The number of hydrogen-bond acceptors (Lipinski definition) is 5. The van der Waals surface area contributed by atoms with Crippen molar-refractivity contribution in [3.8, 4) is 11.5 Å². The van der Waals surface area contributed by atoms with Crippen molar-refractivity contribution in [1.29, 1.82) is 0 Å². The van der Waals surface area contributed by atoms with Gasteiger partial charge in [-0.15, -0.1) is 0 Å². The minimum atomic E-state index is 0.312. The summed E-state index contributed by atoms with van der Waals surface area (Å²) in [4.78, 5) is 4.56. The molecular formula is C14H21N5O. The van der Waals surface area contributed by atoms with Gasteiger partial charge in [0.15, 0.2) is 0 Å². The molecule has 0 bridgehead atoms. The Bertz CT molecular complexity index is 561. The van der Waals surface area contributed by atoms with E-state index in [-0.39, 0.29) is 0 Å². The predicted molar refractivity (Wildman–Crippen MR) is 75.2 cm³/mol. The van der Waals surface area contributed by atoms with Gasteiger partial charge in [-0.1, -0.05) is 24.4 Å². The molecule has 2 unspecified atom stereocenters. The number of aromatic nitrogens is 4. The second-order valence-electron chi connectivity index (χ2n) is 5.47. The normalized spacial score (nSPS) is 23.7. The minimum Gasteiger partial charge on any atom is -0.339 e. The molecule has 2 heterocycles. The molecule has 6 nitrogen and oxygen atoms in total. The van der Waals surface area contributed by atoms with Crippen LogP contribution in [0.15, 0.2) is 16.8 Å². The molecule has 0 aliphatic heterocycles. The molecule has 1 fully saturated rings. The second-order valence-corrected chi connectivity index (χ2v) is 5.47. The van der Waals surface area contributed by atoms with Crippen LogP contribution in [0.1, 0.15) is 43.9 Å². The van der Waals surface area contributed by atoms with Gasteiger partial charge >= 0.3 is 0 Å². The maximum atomic E-state index is 5.51. The van der Waals surface area contributed by atoms with Crippen LogP contribution in [0.2, 0.25) is 0 Å². The summed E-state index contributed by atoms with van der Waals surface area (Å²) in [5, 5.41) is 11.8. The fourth-order valence-electron chi connectivity index (χ4n) is 2.97. The number of aryl methyl sites for hydroxylation is 1. The van der Waals surface area contributed by atoms with Crippen LogP contribution < -0.4 is 5.32 Å². The molecule has 0 aromatic carbocycles. The highest BCUT2D eigenvalue weighted by atomic mass is 16.5. The Hall–Kier alpha value is -1.69. The Morgan fingerprint density at radius 2 is 2.15 bits per heavy atom. The summed E-state index contributed by atoms with van der Waals surface area (Å²) < 4.78 is 7.25. The molecule has 2 aromatic heterocycles. The van der Waals surface area contributed by atoms with E-state index in [1.807, 2.05) is 26.4 Å². The van der Waals surface area contributed by atoms with E-state index in [0.717, 1.165) is 18.0 Å². The molecule has 0 amide bonds. The lowest BCUT2D eigenvalue weighted by atomic mass is 9.95. The fraction of sp³-hybridized carbons (Fsp3) is 0.643. The van der Waals surface area contributed by atoms with Gasteiger partial charge in [0.25, 0.3) is 0 Å². The van der Waals surface area contributed by atoms with Gasteiger partial charge in [-0.3, -0.25) is 4.68 Å². The van der Waals surface area contributed by atoms with Crippen molar-refractivity contribution in [3.05, 3.63) is 18.2 Å². The van der Waals surface area contributed by atoms with E-state index < -0.39 is 0 Å². The Balaban J connectivity index is 1.84. The van der Waals surface area contributed by atoms with E-state index >= 15 is 0 Å². The standard InChI is InChI=1S/C14H21N5O/c1-15-11-7-5-3-4-6-10(11)14-16-13(18-20-14)12-8-9-19(2)17-12/h8-11,15H,3-7H2,1-2H3. The first-order valence-electron chi connectivity index (χ1n) is 7.29. The van der Waals surface area contributed by atoms with Crippen LogP contribution >= 0.6 is 0 Å². The molecule has 6 heteroatoms. The minimum absolute atomic E-state index is 0.312. The van der Waals surface area contributed by atoms with Gasteiger partial charge < -0.3 is 9.84 Å². The average Bonchev–Trinajstić information content (AvgIpc) is 3.02. The molecule has 2 atom stereocenters. The van der Waals surface area contributed by atoms with Crippen molar-refractivity contribution in [2.45, 2.75) is 44.1 Å². The SMILES string of the molecule is CNC1CCCCCC1c1nc(-c2ccn(C)n2)no1. The second kappa shape index (κ2) is 5.75. The third-order valence-electron chi connectivity index (χ3n) is 4.09. The fourth-order valence-corrected chi connectivity index (χ4v) is 2.97. The molecule has 0 spiro atoms. The zero-order chi connectivity index (χ0) is 13.9. The van der Waals surface area contributed by atoms with Crippen LogP contribution in [-0.2, 0) is 7.05 Å². The first kappa shape index (κ1) is 13.3. The molecule has 20 heavy (non-hydrogen) atoms. The van der Waals surface area contributed by atoms with Gasteiger partial charge in [0, 0.05) is 19.3 Å². The van der Waals surface area contributed by atoms with Crippen molar-refractivity contribution >= 4 is 0 Å². The zero-order valence-corrected chi connectivity index (χ0v) is 12.0. The van der Waals surface area contributed by atoms with Gasteiger partial charge in [-0.25, -0.2) is 0 Å². The third kappa shape index (κ3) is 2.60. The van der Waals surface area contributed by atoms with Crippen molar-refractivity contribution in [2.75, 3.05) is 7.05 Å². The number of nitrogens with zero attached hydrogens (tertiary/aromatic N) is 4. The van der Waals surface area contributed by atoms with Crippen molar-refractivity contribution in [1.82, 2.24) is 25.2 Å². The average molecular weight is 275 g/mol. The van der Waals surface area contributed by atoms with Gasteiger partial charge in [0.1, 0.15) is 5.69 Å². The summed E-state index contributed by atoms with van der Waals surface area (Å²) in [7, 11) is 3.89. The summed E-state index contributed by atoms with van der Waals surface area (Å²) in [6.45, 7) is 0. The van der Waals surface area contributed by atoms with Gasteiger partial charge in [-0.05, 0) is 26.0 Å². The van der Waals surface area contributed by atoms with Crippen molar-refractivity contribution in [3.63, 3.8) is 0 Å². The summed E-state index contributed by atoms with van der Waals surface area (Å²) >= 11 is 0. The maximum absolute atomic E-state index is 5.51. The van der Waals surface area contributed by atoms with E-state index in [0.29, 0.717) is 17.8 Å². The summed E-state index contributed by atoms with van der Waals surface area (Å²) in [5.41, 5.74) is 0.761. The van der Waals surface area contributed by atoms with Crippen molar-refractivity contribution in [2.24, 2.45) is 7.05 Å². The van der Waals surface area contributed by atoms with E-state index in [1.54, 1.807) is 4.68 Å². The maximum Gasteiger partial charge on any atom is 0.231 e. The topological polar surface area (TPSA) is 68.8 Å². The van der Waals surface area contributed by atoms with Gasteiger partial charge in [0.05, 0.1) is 5.92 Å². The lowest BCUT2D eigenvalue weighted by Crippen LogP contribution is -2.31. The highest BCUT2D eigenvalue weighted by Gasteiger charge is 2.29. The van der Waals surface area contributed by atoms with E-state index in [9.17, 15) is 0 Å². The molecule has 2 aromatic rings. The number of nitrogens with one attached hydrogen (secondary N) is 1. The van der Waals surface area contributed by atoms with Gasteiger partial charge in [-0.2, -0.15) is 10.1 Å². The molecule has 1 N–H and O–H groups in total. The Labute approximate surface area is 118 Å². The highest BCUT2D eigenvalue weighted by Crippen LogP contribution is 2.31. The lowest BCUT2D eigenvalue weighted by Gasteiger charge is -2.20. The van der Waals surface area contributed by atoms with E-state index in [4.69, 9.17) is 4.52 Å². The largest absolute Gasteiger partial charge is 0.339 e. The van der Waals surface area contributed by atoms with Crippen molar-refractivity contribution < 1.29 is 4.52 Å². The first-order valence-corrected chi connectivity index (χ1v) is 7.29. The van der Waals surface area contributed by atoms with Crippen LogP contribution in [0.5, 0.6) is 0 Å².